The number of nitrogens with zero attached hydrogens (tertiary/aromatic N) is 5. The molecule has 0 atom stereocenters. The highest BCUT2D eigenvalue weighted by molar-refractivity contribution is 5.34. The fraction of sp³-hybridized carbons (Fsp3) is 0.300. The lowest BCUT2D eigenvalue weighted by molar-refractivity contribution is -0.389. The Morgan fingerprint density at radius 2 is 2.16 bits per heavy atom. The summed E-state index contributed by atoms with van der Waals surface area (Å²) in [5.41, 5.74) is 3.86. The molecule has 9 nitrogen and oxygen atoms in total. The molecule has 0 amide bonds. The van der Waals surface area contributed by atoms with Gasteiger partial charge in [-0.2, -0.15) is 4.68 Å². The molecule has 2 aromatic rings. The number of anilines is 1. The summed E-state index contributed by atoms with van der Waals surface area (Å²) in [6.07, 6.45) is 0. The molecular weight excluding hydrogens is 250 g/mol. The van der Waals surface area contributed by atoms with E-state index in [1.807, 2.05) is 6.92 Å². The van der Waals surface area contributed by atoms with Gasteiger partial charge in [-0.25, -0.2) is 15.8 Å². The number of hydrogen-bond acceptors (Lipinski definition) is 7. The first-order chi connectivity index (χ1) is 8.99. The Kier molecular flexibility index (Phi) is 3.38. The maximum absolute atomic E-state index is 10.6. The zero-order chi connectivity index (χ0) is 14.0. The number of rotatable bonds is 4. The zero-order valence-corrected chi connectivity index (χ0v) is 10.5. The minimum absolute atomic E-state index is 0.192. The first-order valence-corrected chi connectivity index (χ1v) is 5.49. The molecule has 0 aliphatic heterocycles. The molecule has 2 heterocycles. The summed E-state index contributed by atoms with van der Waals surface area (Å²) in [4.78, 5) is 18.5. The highest BCUT2D eigenvalue weighted by Crippen LogP contribution is 2.13. The van der Waals surface area contributed by atoms with Crippen LogP contribution in [0.25, 0.3) is 0 Å². The Balaban J connectivity index is 2.30. The molecule has 0 bridgehead atoms. The third kappa shape index (κ3) is 2.83. The molecular formula is C10H13N7O2. The van der Waals surface area contributed by atoms with E-state index in [2.05, 4.69) is 20.5 Å². The van der Waals surface area contributed by atoms with Gasteiger partial charge in [-0.3, -0.25) is 0 Å². The first kappa shape index (κ1) is 12.9. The van der Waals surface area contributed by atoms with Crippen LogP contribution in [-0.4, -0.2) is 24.7 Å². The topological polar surface area (TPSA) is 125 Å². The smallest absolute Gasteiger partial charge is 0.358 e. The summed E-state index contributed by atoms with van der Waals surface area (Å²) in [5.74, 6) is 6.08. The van der Waals surface area contributed by atoms with E-state index in [-0.39, 0.29) is 12.4 Å². The minimum atomic E-state index is -0.534. The lowest BCUT2D eigenvalue weighted by Gasteiger charge is -2.04. The van der Waals surface area contributed by atoms with Crippen LogP contribution in [0.5, 0.6) is 0 Å². The third-order valence-electron chi connectivity index (χ3n) is 2.49. The normalized spacial score (nSPS) is 10.5. The van der Waals surface area contributed by atoms with Crippen molar-refractivity contribution in [1.29, 1.82) is 0 Å². The summed E-state index contributed by atoms with van der Waals surface area (Å²) in [5, 5.41) is 14.5. The molecule has 2 rings (SSSR count). The van der Waals surface area contributed by atoms with E-state index >= 15 is 0 Å². The van der Waals surface area contributed by atoms with Gasteiger partial charge < -0.3 is 15.5 Å². The number of aryl methyl sites for hydroxylation is 2. The van der Waals surface area contributed by atoms with Crippen LogP contribution in [-0.2, 0) is 6.54 Å². The lowest BCUT2D eigenvalue weighted by Crippen LogP contribution is -2.13. The number of aromatic nitrogens is 4. The monoisotopic (exact) mass is 263 g/mol. The molecule has 100 valence electrons. The highest BCUT2D eigenvalue weighted by Gasteiger charge is 2.16. The molecule has 0 radical (unpaired) electrons. The molecule has 0 saturated heterocycles. The molecule has 0 spiro atoms. The molecule has 0 fully saturated rings. The predicted octanol–water partition coefficient (Wildman–Crippen LogP) is 0.532. The van der Waals surface area contributed by atoms with Crippen molar-refractivity contribution in [3.63, 3.8) is 0 Å². The Bertz CT molecular complexity index is 622. The van der Waals surface area contributed by atoms with Crippen LogP contribution in [0.2, 0.25) is 0 Å². The van der Waals surface area contributed by atoms with Gasteiger partial charge in [-0.15, -0.1) is 0 Å². The van der Waals surface area contributed by atoms with Crippen molar-refractivity contribution >= 4 is 11.6 Å². The SMILES string of the molecule is Cc1cc(NN)nc(Cn2nc([N+](=O)[O-])cc2C)n1. The van der Waals surface area contributed by atoms with Crippen molar-refractivity contribution in [1.82, 2.24) is 19.7 Å². The van der Waals surface area contributed by atoms with E-state index in [1.54, 1.807) is 13.0 Å². The van der Waals surface area contributed by atoms with Crippen LogP contribution in [0.3, 0.4) is 0 Å². The first-order valence-electron chi connectivity index (χ1n) is 5.49. The van der Waals surface area contributed by atoms with Gasteiger partial charge in [0.2, 0.25) is 0 Å². The number of nitro groups is 1. The molecule has 0 aliphatic carbocycles. The van der Waals surface area contributed by atoms with Crippen LogP contribution in [0.4, 0.5) is 11.6 Å². The number of hydrazine groups is 1. The second-order valence-electron chi connectivity index (χ2n) is 4.01. The van der Waals surface area contributed by atoms with Gasteiger partial charge in [-0.1, -0.05) is 0 Å². The average molecular weight is 263 g/mol. The highest BCUT2D eigenvalue weighted by atomic mass is 16.6. The molecule has 9 heteroatoms. The Labute approximate surface area is 108 Å². The number of hydrogen-bond donors (Lipinski definition) is 2. The molecule has 3 N–H and O–H groups in total. The van der Waals surface area contributed by atoms with Crippen LogP contribution >= 0.6 is 0 Å². The fourth-order valence-electron chi connectivity index (χ4n) is 1.65. The molecule has 2 aromatic heterocycles. The van der Waals surface area contributed by atoms with Gasteiger partial charge in [0.25, 0.3) is 0 Å². The number of nitrogens with one attached hydrogen (secondary N) is 1. The summed E-state index contributed by atoms with van der Waals surface area (Å²) in [6.45, 7) is 3.79. The zero-order valence-electron chi connectivity index (χ0n) is 10.5. The quantitative estimate of drug-likeness (QED) is 0.468. The molecule has 0 aromatic carbocycles. The van der Waals surface area contributed by atoms with Gasteiger partial charge in [-0.05, 0) is 18.8 Å². The van der Waals surface area contributed by atoms with Gasteiger partial charge >= 0.3 is 5.82 Å². The van der Waals surface area contributed by atoms with E-state index in [0.717, 1.165) is 5.69 Å². The average Bonchev–Trinajstić information content (AvgIpc) is 2.70. The fourth-order valence-corrected chi connectivity index (χ4v) is 1.65. The maximum Gasteiger partial charge on any atom is 0.390 e. The van der Waals surface area contributed by atoms with Crippen LogP contribution in [0, 0.1) is 24.0 Å². The van der Waals surface area contributed by atoms with Gasteiger partial charge in [0.15, 0.2) is 5.82 Å². The predicted molar refractivity (Wildman–Crippen MR) is 67.3 cm³/mol. The number of nitrogen functional groups attached to an aromatic ring is 1. The van der Waals surface area contributed by atoms with Crippen molar-refractivity contribution in [3.05, 3.63) is 39.5 Å². The number of nitrogens with two attached hydrogens (primary N) is 1. The Morgan fingerprint density at radius 3 is 2.74 bits per heavy atom. The summed E-state index contributed by atoms with van der Waals surface area (Å²) in [6, 6.07) is 3.10. The Hall–Kier alpha value is -2.55. The molecule has 0 saturated carbocycles. The molecule has 19 heavy (non-hydrogen) atoms. The minimum Gasteiger partial charge on any atom is -0.358 e. The summed E-state index contributed by atoms with van der Waals surface area (Å²) < 4.78 is 1.48. The van der Waals surface area contributed by atoms with Gasteiger partial charge in [0.05, 0.1) is 16.9 Å². The van der Waals surface area contributed by atoms with Crippen molar-refractivity contribution in [2.45, 2.75) is 20.4 Å². The van der Waals surface area contributed by atoms with Crippen molar-refractivity contribution < 1.29 is 4.92 Å². The standard InChI is InChI=1S/C10H13N7O2/c1-6-3-8(14-11)13-9(12-6)5-16-7(2)4-10(15-16)17(18)19/h3-4H,5,11H2,1-2H3,(H,12,13,14). The van der Waals surface area contributed by atoms with Gasteiger partial charge in [0.1, 0.15) is 12.4 Å². The van der Waals surface area contributed by atoms with E-state index in [4.69, 9.17) is 5.84 Å². The lowest BCUT2D eigenvalue weighted by atomic mass is 10.4. The van der Waals surface area contributed by atoms with E-state index in [0.29, 0.717) is 17.3 Å². The summed E-state index contributed by atoms with van der Waals surface area (Å²) in [7, 11) is 0. The maximum atomic E-state index is 10.6. The van der Waals surface area contributed by atoms with Crippen molar-refractivity contribution in [3.8, 4) is 0 Å². The second kappa shape index (κ2) is 4.98. The van der Waals surface area contributed by atoms with E-state index in [1.165, 1.54) is 10.7 Å². The van der Waals surface area contributed by atoms with Crippen LogP contribution in [0.1, 0.15) is 17.2 Å². The van der Waals surface area contributed by atoms with Crippen LogP contribution < -0.4 is 11.3 Å². The summed E-state index contributed by atoms with van der Waals surface area (Å²) >= 11 is 0. The Morgan fingerprint density at radius 1 is 1.42 bits per heavy atom. The van der Waals surface area contributed by atoms with Crippen molar-refractivity contribution in [2.75, 3.05) is 5.43 Å². The third-order valence-corrected chi connectivity index (χ3v) is 2.49. The second-order valence-corrected chi connectivity index (χ2v) is 4.01. The van der Waals surface area contributed by atoms with E-state index < -0.39 is 4.92 Å². The van der Waals surface area contributed by atoms with E-state index in [9.17, 15) is 10.1 Å². The molecule has 0 aliphatic rings. The largest absolute Gasteiger partial charge is 0.390 e. The molecule has 0 unspecified atom stereocenters. The van der Waals surface area contributed by atoms with Gasteiger partial charge in [0, 0.05) is 11.8 Å². The van der Waals surface area contributed by atoms with Crippen molar-refractivity contribution in [2.24, 2.45) is 5.84 Å². The van der Waals surface area contributed by atoms with Crippen LogP contribution in [0.15, 0.2) is 12.1 Å².